The quantitative estimate of drug-likeness (QED) is 0.265. The standard InChI is InChI=1S/C28H52O7/c1-2-3-4-5-6-7-8-9-12-15-18-22-19-16-13-10-11-14-17-20-24(29)33-21-23-25(30)26(31)27(32)28(34-22)35-23/h22-23,25-28,30-32H,2-21H2,1H3/t22-,23-,25-,26+,27-,28-/m1/s1. The maximum Gasteiger partial charge on any atom is 0.305 e. The average molecular weight is 501 g/mol. The van der Waals surface area contributed by atoms with Gasteiger partial charge in [0, 0.05) is 6.42 Å². The van der Waals surface area contributed by atoms with Crippen LogP contribution in [0, 0.1) is 0 Å². The summed E-state index contributed by atoms with van der Waals surface area (Å²) in [4.78, 5) is 12.0. The number of carbonyl (C=O) groups is 1. The van der Waals surface area contributed by atoms with Gasteiger partial charge in [-0.3, -0.25) is 4.79 Å². The highest BCUT2D eigenvalue weighted by Gasteiger charge is 2.45. The van der Waals surface area contributed by atoms with Gasteiger partial charge < -0.3 is 29.5 Å². The highest BCUT2D eigenvalue weighted by atomic mass is 16.7. The van der Waals surface area contributed by atoms with Crippen LogP contribution in [0.15, 0.2) is 0 Å². The molecule has 0 spiro atoms. The van der Waals surface area contributed by atoms with E-state index in [2.05, 4.69) is 6.92 Å². The van der Waals surface area contributed by atoms with Gasteiger partial charge >= 0.3 is 5.97 Å². The van der Waals surface area contributed by atoms with E-state index >= 15 is 0 Å². The molecule has 2 aliphatic heterocycles. The number of unbranched alkanes of at least 4 members (excludes halogenated alkanes) is 9. The van der Waals surface area contributed by atoms with Gasteiger partial charge in [-0.1, -0.05) is 103 Å². The van der Waals surface area contributed by atoms with Crippen molar-refractivity contribution in [3.05, 3.63) is 0 Å². The first-order valence-electron chi connectivity index (χ1n) is 14.5. The summed E-state index contributed by atoms with van der Waals surface area (Å²) in [5.74, 6) is -0.329. The zero-order valence-electron chi connectivity index (χ0n) is 22.1. The molecular weight excluding hydrogens is 448 g/mol. The van der Waals surface area contributed by atoms with Crippen molar-refractivity contribution in [2.75, 3.05) is 6.61 Å². The SMILES string of the molecule is CCCCCCCCCCCC[C@@H]1CCCCCCCCC(=O)OC[C@H]2O[C@@H](O1)[C@H](O)[C@@H](O)[C@@H]2O. The predicted octanol–water partition coefficient (Wildman–Crippen LogP) is 5.17. The minimum atomic E-state index is -1.41. The molecule has 0 aromatic rings. The van der Waals surface area contributed by atoms with Gasteiger partial charge in [0.25, 0.3) is 0 Å². The number of hydrogen-bond acceptors (Lipinski definition) is 7. The fraction of sp³-hybridized carbons (Fsp3) is 0.964. The lowest BCUT2D eigenvalue weighted by Gasteiger charge is -2.41. The van der Waals surface area contributed by atoms with E-state index in [1.165, 1.54) is 57.8 Å². The van der Waals surface area contributed by atoms with Crippen LogP contribution in [-0.4, -0.2) is 64.7 Å². The van der Waals surface area contributed by atoms with Crippen molar-refractivity contribution in [3.63, 3.8) is 0 Å². The Balaban J connectivity index is 1.83. The van der Waals surface area contributed by atoms with Crippen LogP contribution in [0.2, 0.25) is 0 Å². The number of hydrogen-bond donors (Lipinski definition) is 3. The highest BCUT2D eigenvalue weighted by molar-refractivity contribution is 5.69. The van der Waals surface area contributed by atoms with E-state index in [1.54, 1.807) is 0 Å². The molecule has 3 N–H and O–H groups in total. The minimum absolute atomic E-state index is 0.0674. The molecule has 0 amide bonds. The van der Waals surface area contributed by atoms with Crippen LogP contribution in [-0.2, 0) is 19.0 Å². The van der Waals surface area contributed by atoms with Crippen LogP contribution < -0.4 is 0 Å². The monoisotopic (exact) mass is 500 g/mol. The smallest absolute Gasteiger partial charge is 0.305 e. The number of cyclic esters (lactones) is 1. The van der Waals surface area contributed by atoms with Crippen molar-refractivity contribution < 1.29 is 34.3 Å². The van der Waals surface area contributed by atoms with Crippen molar-refractivity contribution in [1.29, 1.82) is 0 Å². The van der Waals surface area contributed by atoms with E-state index in [4.69, 9.17) is 14.2 Å². The third-order valence-corrected chi connectivity index (χ3v) is 7.44. The van der Waals surface area contributed by atoms with Crippen LogP contribution in [0.3, 0.4) is 0 Å². The van der Waals surface area contributed by atoms with Crippen molar-refractivity contribution in [2.45, 2.75) is 166 Å². The maximum absolute atomic E-state index is 12.0. The Morgan fingerprint density at radius 1 is 0.714 bits per heavy atom. The molecule has 0 aliphatic carbocycles. The topological polar surface area (TPSA) is 105 Å². The summed E-state index contributed by atoms with van der Waals surface area (Å²) in [5.41, 5.74) is 0. The molecule has 7 nitrogen and oxygen atoms in total. The molecule has 0 aromatic heterocycles. The first-order chi connectivity index (χ1) is 17.0. The summed E-state index contributed by atoms with van der Waals surface area (Å²) < 4.78 is 17.3. The van der Waals surface area contributed by atoms with E-state index in [0.29, 0.717) is 6.42 Å². The number of fused-ring (bicyclic) bond motifs is 2. The molecule has 2 fully saturated rings. The Hall–Kier alpha value is -0.730. The van der Waals surface area contributed by atoms with Gasteiger partial charge in [-0.15, -0.1) is 0 Å². The molecule has 6 atom stereocenters. The highest BCUT2D eigenvalue weighted by Crippen LogP contribution is 2.27. The number of rotatable bonds is 11. The molecule has 2 bridgehead atoms. The molecule has 35 heavy (non-hydrogen) atoms. The Bertz CT molecular complexity index is 543. The Labute approximate surface area is 212 Å². The van der Waals surface area contributed by atoms with Gasteiger partial charge in [0.1, 0.15) is 31.0 Å². The van der Waals surface area contributed by atoms with E-state index < -0.39 is 30.7 Å². The van der Waals surface area contributed by atoms with E-state index in [1.807, 2.05) is 0 Å². The largest absolute Gasteiger partial charge is 0.463 e. The summed E-state index contributed by atoms with van der Waals surface area (Å²) in [6, 6.07) is 0. The number of esters is 1. The van der Waals surface area contributed by atoms with Gasteiger partial charge in [-0.25, -0.2) is 0 Å². The molecule has 2 saturated heterocycles. The third kappa shape index (κ3) is 12.4. The first-order valence-corrected chi connectivity index (χ1v) is 14.5. The van der Waals surface area contributed by atoms with Gasteiger partial charge in [0.15, 0.2) is 6.29 Å². The van der Waals surface area contributed by atoms with E-state index in [9.17, 15) is 20.1 Å². The summed E-state index contributed by atoms with van der Waals surface area (Å²) in [6.45, 7) is 2.09. The summed E-state index contributed by atoms with van der Waals surface area (Å²) in [6.07, 6.45) is 15.0. The van der Waals surface area contributed by atoms with Gasteiger partial charge in [0.2, 0.25) is 0 Å². The minimum Gasteiger partial charge on any atom is -0.463 e. The van der Waals surface area contributed by atoms with Crippen LogP contribution >= 0.6 is 0 Å². The van der Waals surface area contributed by atoms with Crippen LogP contribution in [0.4, 0.5) is 0 Å². The van der Waals surface area contributed by atoms with E-state index in [-0.39, 0.29) is 18.7 Å². The zero-order valence-corrected chi connectivity index (χ0v) is 22.1. The fourth-order valence-corrected chi connectivity index (χ4v) is 5.09. The molecule has 2 heterocycles. The molecule has 0 unspecified atom stereocenters. The molecule has 0 radical (unpaired) electrons. The Kier molecular flexibility index (Phi) is 16.1. The first kappa shape index (κ1) is 30.5. The number of aliphatic hydroxyl groups is 3. The fourth-order valence-electron chi connectivity index (χ4n) is 5.09. The summed E-state index contributed by atoms with van der Waals surface area (Å²) in [5, 5.41) is 31.2. The summed E-state index contributed by atoms with van der Waals surface area (Å²) >= 11 is 0. The molecule has 0 aromatic carbocycles. The normalized spacial score (nSPS) is 31.7. The zero-order chi connectivity index (χ0) is 25.3. The van der Waals surface area contributed by atoms with E-state index in [0.717, 1.165) is 57.8 Å². The van der Waals surface area contributed by atoms with Crippen LogP contribution in [0.25, 0.3) is 0 Å². The second-order valence-electron chi connectivity index (χ2n) is 10.6. The second-order valence-corrected chi connectivity index (χ2v) is 10.6. The average Bonchev–Trinajstić information content (AvgIpc) is 2.85. The van der Waals surface area contributed by atoms with Crippen molar-refractivity contribution in [1.82, 2.24) is 0 Å². The number of ether oxygens (including phenoxy) is 3. The molecule has 0 saturated carbocycles. The van der Waals surface area contributed by atoms with Gasteiger partial charge in [-0.05, 0) is 19.3 Å². The number of carbonyl (C=O) groups excluding carboxylic acids is 1. The Morgan fingerprint density at radius 2 is 1.31 bits per heavy atom. The lowest BCUT2D eigenvalue weighted by Crippen LogP contribution is -2.60. The summed E-state index contributed by atoms with van der Waals surface area (Å²) in [7, 11) is 0. The second kappa shape index (κ2) is 18.5. The van der Waals surface area contributed by atoms with Crippen molar-refractivity contribution in [2.24, 2.45) is 0 Å². The van der Waals surface area contributed by atoms with Crippen LogP contribution in [0.1, 0.15) is 129 Å². The maximum atomic E-state index is 12.0. The van der Waals surface area contributed by atoms with Gasteiger partial charge in [-0.2, -0.15) is 0 Å². The van der Waals surface area contributed by atoms with Crippen molar-refractivity contribution >= 4 is 5.97 Å². The predicted molar refractivity (Wildman–Crippen MR) is 136 cm³/mol. The van der Waals surface area contributed by atoms with Crippen LogP contribution in [0.5, 0.6) is 0 Å². The molecule has 2 aliphatic rings. The third-order valence-electron chi connectivity index (χ3n) is 7.44. The molecule has 7 heteroatoms. The lowest BCUT2D eigenvalue weighted by atomic mass is 9.98. The Morgan fingerprint density at radius 3 is 2.00 bits per heavy atom. The molecule has 2 rings (SSSR count). The van der Waals surface area contributed by atoms with Gasteiger partial charge in [0.05, 0.1) is 6.10 Å². The number of aliphatic hydroxyl groups excluding tert-OH is 3. The van der Waals surface area contributed by atoms with Crippen molar-refractivity contribution in [3.8, 4) is 0 Å². The molecular formula is C28H52O7. The molecule has 206 valence electrons. The lowest BCUT2D eigenvalue weighted by molar-refractivity contribution is -0.312.